The van der Waals surface area contributed by atoms with Crippen LogP contribution in [0.25, 0.3) is 10.9 Å². The summed E-state index contributed by atoms with van der Waals surface area (Å²) >= 11 is 0. The lowest BCUT2D eigenvalue weighted by Gasteiger charge is -2.08. The van der Waals surface area contributed by atoms with E-state index in [4.69, 9.17) is 0 Å². The average Bonchev–Trinajstić information content (AvgIpc) is 2.68. The molecule has 0 atom stereocenters. The first-order valence-corrected chi connectivity index (χ1v) is 8.10. The average molecular weight is 350 g/mol. The monoisotopic (exact) mass is 350 g/mol. The smallest absolute Gasteiger partial charge is 0.261 e. The van der Waals surface area contributed by atoms with Crippen molar-refractivity contribution in [3.8, 4) is 0 Å². The Hall–Kier alpha value is -3.48. The number of amides is 2. The van der Waals surface area contributed by atoms with Crippen LogP contribution in [0.4, 0.5) is 0 Å². The molecule has 0 saturated heterocycles. The summed E-state index contributed by atoms with van der Waals surface area (Å²) in [6.45, 7) is 0.204. The van der Waals surface area contributed by atoms with Crippen LogP contribution in [0.3, 0.4) is 0 Å². The lowest BCUT2D eigenvalue weighted by atomic mass is 10.1. The van der Waals surface area contributed by atoms with Gasteiger partial charge in [0.2, 0.25) is 5.91 Å². The van der Waals surface area contributed by atoms with Gasteiger partial charge in [0.1, 0.15) is 6.54 Å². The minimum atomic E-state index is -0.292. The Labute approximate surface area is 149 Å². The summed E-state index contributed by atoms with van der Waals surface area (Å²) in [7, 11) is 1.57. The number of para-hydroxylation sites is 1. The maximum absolute atomic E-state index is 12.4. The maximum Gasteiger partial charge on any atom is 0.261 e. The first-order valence-electron chi connectivity index (χ1n) is 8.10. The lowest BCUT2D eigenvalue weighted by molar-refractivity contribution is -0.121. The number of hydrogen-bond donors (Lipinski definition) is 2. The van der Waals surface area contributed by atoms with E-state index in [9.17, 15) is 14.4 Å². The van der Waals surface area contributed by atoms with Crippen LogP contribution in [-0.4, -0.2) is 28.4 Å². The number of aromatic nitrogens is 2. The molecular formula is C19H18N4O3. The van der Waals surface area contributed by atoms with Gasteiger partial charge in [0.15, 0.2) is 0 Å². The van der Waals surface area contributed by atoms with E-state index in [2.05, 4.69) is 15.6 Å². The molecule has 0 spiro atoms. The highest BCUT2D eigenvalue weighted by Crippen LogP contribution is 2.05. The highest BCUT2D eigenvalue weighted by molar-refractivity contribution is 5.93. The molecule has 26 heavy (non-hydrogen) atoms. The molecule has 7 heteroatoms. The third-order valence-corrected chi connectivity index (χ3v) is 3.98. The summed E-state index contributed by atoms with van der Waals surface area (Å²) in [6.07, 6.45) is 1.38. The van der Waals surface area contributed by atoms with E-state index in [0.717, 1.165) is 5.56 Å². The quantitative estimate of drug-likeness (QED) is 0.720. The second-order valence-electron chi connectivity index (χ2n) is 5.75. The Morgan fingerprint density at radius 1 is 1.08 bits per heavy atom. The summed E-state index contributed by atoms with van der Waals surface area (Å²) in [6, 6.07) is 13.9. The molecule has 0 saturated carbocycles. The third kappa shape index (κ3) is 3.77. The normalized spacial score (nSPS) is 10.5. The van der Waals surface area contributed by atoms with Crippen molar-refractivity contribution in [2.75, 3.05) is 7.05 Å². The second-order valence-corrected chi connectivity index (χ2v) is 5.75. The molecule has 132 valence electrons. The number of nitrogens with one attached hydrogen (secondary N) is 2. The van der Waals surface area contributed by atoms with E-state index in [1.165, 1.54) is 10.9 Å². The standard InChI is InChI=1S/C19H18N4O3/c1-20-18(25)14-8-6-13(7-9-14)10-21-17(24)11-23-12-22-16-5-3-2-4-15(16)19(23)26/h2-9,12H,10-11H2,1H3,(H,20,25)(H,21,24). The summed E-state index contributed by atoms with van der Waals surface area (Å²) in [5.41, 5.74) is 1.76. The van der Waals surface area contributed by atoms with Gasteiger partial charge in [0.25, 0.3) is 11.5 Å². The van der Waals surface area contributed by atoms with Gasteiger partial charge >= 0.3 is 0 Å². The first-order chi connectivity index (χ1) is 12.6. The Morgan fingerprint density at radius 3 is 2.54 bits per heavy atom. The predicted molar refractivity (Wildman–Crippen MR) is 97.7 cm³/mol. The fraction of sp³-hybridized carbons (Fsp3) is 0.158. The van der Waals surface area contributed by atoms with Gasteiger partial charge in [-0.15, -0.1) is 0 Å². The van der Waals surface area contributed by atoms with Gasteiger partial charge in [-0.3, -0.25) is 19.0 Å². The van der Waals surface area contributed by atoms with Gasteiger partial charge in [-0.2, -0.15) is 0 Å². The van der Waals surface area contributed by atoms with Gasteiger partial charge in [0.05, 0.1) is 17.2 Å². The molecule has 2 N–H and O–H groups in total. The van der Waals surface area contributed by atoms with E-state index in [1.54, 1.807) is 55.6 Å². The van der Waals surface area contributed by atoms with Gasteiger partial charge in [-0.25, -0.2) is 4.98 Å². The molecule has 3 rings (SSSR count). The van der Waals surface area contributed by atoms with Gasteiger partial charge in [-0.1, -0.05) is 24.3 Å². The fourth-order valence-corrected chi connectivity index (χ4v) is 2.55. The highest BCUT2D eigenvalue weighted by atomic mass is 16.2. The molecule has 0 unspecified atom stereocenters. The summed E-state index contributed by atoms with van der Waals surface area (Å²) < 4.78 is 1.28. The first kappa shape index (κ1) is 17.3. The molecular weight excluding hydrogens is 332 g/mol. The molecule has 7 nitrogen and oxygen atoms in total. The van der Waals surface area contributed by atoms with Crippen molar-refractivity contribution in [2.24, 2.45) is 0 Å². The van der Waals surface area contributed by atoms with Crippen LogP contribution in [-0.2, 0) is 17.9 Å². The molecule has 3 aromatic rings. The van der Waals surface area contributed by atoms with E-state index >= 15 is 0 Å². The van der Waals surface area contributed by atoms with E-state index in [1.807, 2.05) is 0 Å². The van der Waals surface area contributed by atoms with Crippen molar-refractivity contribution in [1.82, 2.24) is 20.2 Å². The van der Waals surface area contributed by atoms with Crippen molar-refractivity contribution in [2.45, 2.75) is 13.1 Å². The van der Waals surface area contributed by atoms with Gasteiger partial charge in [-0.05, 0) is 29.8 Å². The number of fused-ring (bicyclic) bond motifs is 1. The zero-order valence-corrected chi connectivity index (χ0v) is 14.2. The Morgan fingerprint density at radius 2 is 1.81 bits per heavy atom. The highest BCUT2D eigenvalue weighted by Gasteiger charge is 2.08. The van der Waals surface area contributed by atoms with Crippen LogP contribution < -0.4 is 16.2 Å². The summed E-state index contributed by atoms with van der Waals surface area (Å²) in [5, 5.41) is 5.79. The number of nitrogens with zero attached hydrogens (tertiary/aromatic N) is 2. The number of benzene rings is 2. The molecule has 0 aliphatic heterocycles. The molecule has 0 aliphatic carbocycles. The predicted octanol–water partition coefficient (Wildman–Crippen LogP) is 1.07. The van der Waals surface area contributed by atoms with Crippen molar-refractivity contribution in [3.05, 3.63) is 76.3 Å². The van der Waals surface area contributed by atoms with Gasteiger partial charge in [0, 0.05) is 19.2 Å². The number of hydrogen-bond acceptors (Lipinski definition) is 4. The molecule has 2 aromatic carbocycles. The summed E-state index contributed by atoms with van der Waals surface area (Å²) in [4.78, 5) is 40.2. The van der Waals surface area contributed by atoms with Crippen LogP contribution in [0.1, 0.15) is 15.9 Å². The van der Waals surface area contributed by atoms with Crippen LogP contribution in [0.2, 0.25) is 0 Å². The third-order valence-electron chi connectivity index (χ3n) is 3.98. The zero-order chi connectivity index (χ0) is 18.5. The van der Waals surface area contributed by atoms with E-state index < -0.39 is 0 Å². The minimum Gasteiger partial charge on any atom is -0.355 e. The van der Waals surface area contributed by atoms with E-state index in [-0.39, 0.29) is 23.9 Å². The van der Waals surface area contributed by atoms with Gasteiger partial charge < -0.3 is 10.6 Å². The molecule has 1 heterocycles. The molecule has 2 amide bonds. The molecule has 0 radical (unpaired) electrons. The van der Waals surface area contributed by atoms with Crippen LogP contribution >= 0.6 is 0 Å². The van der Waals surface area contributed by atoms with Crippen LogP contribution in [0.15, 0.2) is 59.7 Å². The van der Waals surface area contributed by atoms with Crippen LogP contribution in [0, 0.1) is 0 Å². The maximum atomic E-state index is 12.4. The molecule has 0 fully saturated rings. The number of rotatable bonds is 5. The summed E-state index contributed by atoms with van der Waals surface area (Å²) in [5.74, 6) is -0.455. The number of carbonyl (C=O) groups is 2. The lowest BCUT2D eigenvalue weighted by Crippen LogP contribution is -2.32. The van der Waals surface area contributed by atoms with Crippen LogP contribution in [0.5, 0.6) is 0 Å². The molecule has 0 aliphatic rings. The Balaban J connectivity index is 1.63. The molecule has 0 bridgehead atoms. The van der Waals surface area contributed by atoms with Crippen molar-refractivity contribution in [1.29, 1.82) is 0 Å². The number of carbonyl (C=O) groups excluding carboxylic acids is 2. The minimum absolute atomic E-state index is 0.104. The van der Waals surface area contributed by atoms with Crippen molar-refractivity contribution in [3.63, 3.8) is 0 Å². The van der Waals surface area contributed by atoms with Crippen molar-refractivity contribution >= 4 is 22.7 Å². The Bertz CT molecular complexity index is 1010. The van der Waals surface area contributed by atoms with Crippen molar-refractivity contribution < 1.29 is 9.59 Å². The van der Waals surface area contributed by atoms with E-state index in [0.29, 0.717) is 23.0 Å². The second kappa shape index (κ2) is 7.60. The zero-order valence-electron chi connectivity index (χ0n) is 14.2. The molecule has 1 aromatic heterocycles. The Kier molecular flexibility index (Phi) is 5.07. The fourth-order valence-electron chi connectivity index (χ4n) is 2.55. The topological polar surface area (TPSA) is 93.1 Å². The SMILES string of the molecule is CNC(=O)c1ccc(CNC(=O)Cn2cnc3ccccc3c2=O)cc1. The largest absolute Gasteiger partial charge is 0.355 e.